The van der Waals surface area contributed by atoms with Gasteiger partial charge in [-0.15, -0.1) is 0 Å². The van der Waals surface area contributed by atoms with Gasteiger partial charge in [-0.3, -0.25) is 4.99 Å². The summed E-state index contributed by atoms with van der Waals surface area (Å²) in [5.41, 5.74) is 7.53. The van der Waals surface area contributed by atoms with Gasteiger partial charge in [-0.05, 0) is 42.5 Å². The van der Waals surface area contributed by atoms with Gasteiger partial charge in [0.2, 0.25) is 0 Å². The fourth-order valence-electron chi connectivity index (χ4n) is 4.29. The molecule has 5 rings (SSSR count). The van der Waals surface area contributed by atoms with Crippen molar-refractivity contribution in [3.05, 3.63) is 71.8 Å². The molecule has 1 atom stereocenters. The van der Waals surface area contributed by atoms with Crippen LogP contribution in [0.15, 0.2) is 65.7 Å². The van der Waals surface area contributed by atoms with Crippen molar-refractivity contribution < 1.29 is 0 Å². The Morgan fingerprint density at radius 2 is 1.85 bits per heavy atom. The number of aromatic amines is 1. The van der Waals surface area contributed by atoms with Crippen LogP contribution in [0.1, 0.15) is 18.1 Å². The number of hydrogen-bond donors (Lipinski definition) is 1. The van der Waals surface area contributed by atoms with Crippen LogP contribution >= 0.6 is 0 Å². The summed E-state index contributed by atoms with van der Waals surface area (Å²) in [6.07, 6.45) is 1.94. The number of benzene rings is 3. The third-order valence-electron chi connectivity index (χ3n) is 5.53. The van der Waals surface area contributed by atoms with Crippen molar-refractivity contribution in [2.75, 3.05) is 4.90 Å². The first-order valence-corrected chi connectivity index (χ1v) is 9.17. The van der Waals surface area contributed by atoms with Crippen molar-refractivity contribution in [2.24, 2.45) is 4.99 Å². The molecule has 2 heterocycles. The quantitative estimate of drug-likeness (QED) is 0.484. The Kier molecular flexibility index (Phi) is 3.35. The Morgan fingerprint density at radius 3 is 2.69 bits per heavy atom. The molecule has 0 spiro atoms. The number of aromatic nitrogens is 1. The number of aryl methyl sites for hydroxylation is 1. The average Bonchev–Trinajstić information content (AvgIpc) is 3.26. The second kappa shape index (κ2) is 5.73. The molecule has 0 aliphatic carbocycles. The fourth-order valence-corrected chi connectivity index (χ4v) is 4.29. The molecule has 1 unspecified atom stereocenters. The third-order valence-corrected chi connectivity index (χ3v) is 5.53. The Hall–Kier alpha value is -3.07. The van der Waals surface area contributed by atoms with E-state index in [0.29, 0.717) is 0 Å². The summed E-state index contributed by atoms with van der Waals surface area (Å²) >= 11 is 0. The molecule has 3 aromatic carbocycles. The molecule has 1 aliphatic rings. The van der Waals surface area contributed by atoms with Crippen molar-refractivity contribution in [3.63, 3.8) is 0 Å². The third kappa shape index (κ3) is 2.03. The lowest BCUT2D eigenvalue weighted by Gasteiger charge is -2.26. The number of H-pyrrole nitrogens is 1. The zero-order valence-electron chi connectivity index (χ0n) is 14.9. The number of aliphatic imine (C=N–C) groups is 1. The maximum absolute atomic E-state index is 4.44. The van der Waals surface area contributed by atoms with Crippen LogP contribution in [0.25, 0.3) is 21.8 Å². The van der Waals surface area contributed by atoms with Crippen molar-refractivity contribution in [3.8, 4) is 0 Å². The van der Waals surface area contributed by atoms with Gasteiger partial charge in [-0.1, -0.05) is 49.4 Å². The first-order valence-electron chi connectivity index (χ1n) is 9.17. The summed E-state index contributed by atoms with van der Waals surface area (Å²) in [6, 6.07) is 21.6. The molecule has 1 N–H and O–H groups in total. The van der Waals surface area contributed by atoms with Crippen LogP contribution in [0.2, 0.25) is 0 Å². The molecule has 0 fully saturated rings. The van der Waals surface area contributed by atoms with Gasteiger partial charge in [0.1, 0.15) is 6.17 Å². The summed E-state index contributed by atoms with van der Waals surface area (Å²) in [6.45, 7) is 6.07. The van der Waals surface area contributed by atoms with E-state index in [4.69, 9.17) is 0 Å². The zero-order valence-corrected chi connectivity index (χ0v) is 14.9. The van der Waals surface area contributed by atoms with Gasteiger partial charge in [0.15, 0.2) is 0 Å². The van der Waals surface area contributed by atoms with Crippen molar-refractivity contribution >= 4 is 39.9 Å². The van der Waals surface area contributed by atoms with Crippen LogP contribution in [-0.4, -0.2) is 17.9 Å². The SMILES string of the molecule is C=NC1Cc2ccccc2N1c1ccc(CC)c2[nH]c3ccccc3c12. The molecule has 1 aliphatic heterocycles. The minimum absolute atomic E-state index is 0.0386. The van der Waals surface area contributed by atoms with E-state index < -0.39 is 0 Å². The van der Waals surface area contributed by atoms with Gasteiger partial charge in [0.05, 0.1) is 11.2 Å². The highest BCUT2D eigenvalue weighted by Gasteiger charge is 2.31. The Bertz CT molecular complexity index is 1140. The van der Waals surface area contributed by atoms with Crippen molar-refractivity contribution in [1.29, 1.82) is 0 Å². The number of anilines is 2. The molecule has 4 aromatic rings. The van der Waals surface area contributed by atoms with E-state index in [1.165, 1.54) is 44.3 Å². The Balaban J connectivity index is 1.86. The lowest BCUT2D eigenvalue weighted by atomic mass is 10.0. The minimum Gasteiger partial charge on any atom is -0.354 e. The second-order valence-corrected chi connectivity index (χ2v) is 6.88. The van der Waals surface area contributed by atoms with E-state index in [9.17, 15) is 0 Å². The average molecular weight is 339 g/mol. The molecule has 3 heteroatoms. The summed E-state index contributed by atoms with van der Waals surface area (Å²) in [4.78, 5) is 10.4. The number of fused-ring (bicyclic) bond motifs is 4. The van der Waals surface area contributed by atoms with Gasteiger partial charge in [0, 0.05) is 28.4 Å². The molecule has 0 saturated heterocycles. The predicted octanol–water partition coefficient (Wildman–Crippen LogP) is 5.60. The normalized spacial score (nSPS) is 16.3. The Morgan fingerprint density at radius 1 is 1.04 bits per heavy atom. The number of rotatable bonds is 3. The highest BCUT2D eigenvalue weighted by Crippen LogP contribution is 2.44. The van der Waals surface area contributed by atoms with Crippen LogP contribution < -0.4 is 4.90 Å². The highest BCUT2D eigenvalue weighted by atomic mass is 15.3. The molecule has 128 valence electrons. The number of para-hydroxylation sites is 2. The lowest BCUT2D eigenvalue weighted by Crippen LogP contribution is -2.25. The van der Waals surface area contributed by atoms with Gasteiger partial charge in [-0.25, -0.2) is 0 Å². The van der Waals surface area contributed by atoms with Crippen molar-refractivity contribution in [1.82, 2.24) is 4.98 Å². The maximum Gasteiger partial charge on any atom is 0.128 e. The summed E-state index contributed by atoms with van der Waals surface area (Å²) in [7, 11) is 0. The number of nitrogens with zero attached hydrogens (tertiary/aromatic N) is 2. The monoisotopic (exact) mass is 339 g/mol. The first kappa shape index (κ1) is 15.2. The topological polar surface area (TPSA) is 31.4 Å². The van der Waals surface area contributed by atoms with Crippen LogP contribution in [0.5, 0.6) is 0 Å². The lowest BCUT2D eigenvalue weighted by molar-refractivity contribution is 0.733. The fraction of sp³-hybridized carbons (Fsp3) is 0.174. The van der Waals surface area contributed by atoms with E-state index in [-0.39, 0.29) is 6.17 Å². The first-order chi connectivity index (χ1) is 12.8. The van der Waals surface area contributed by atoms with E-state index in [0.717, 1.165) is 12.8 Å². The molecular weight excluding hydrogens is 318 g/mol. The van der Waals surface area contributed by atoms with E-state index in [1.54, 1.807) is 0 Å². The zero-order chi connectivity index (χ0) is 17.7. The molecule has 1 aromatic heterocycles. The predicted molar refractivity (Wildman–Crippen MR) is 111 cm³/mol. The van der Waals surface area contributed by atoms with E-state index >= 15 is 0 Å². The summed E-state index contributed by atoms with van der Waals surface area (Å²) in [5, 5.41) is 2.55. The van der Waals surface area contributed by atoms with Crippen molar-refractivity contribution in [2.45, 2.75) is 25.9 Å². The number of nitrogens with one attached hydrogen (secondary N) is 1. The molecule has 0 radical (unpaired) electrons. The molecule has 0 saturated carbocycles. The maximum atomic E-state index is 4.44. The van der Waals surface area contributed by atoms with Gasteiger partial charge in [-0.2, -0.15) is 0 Å². The largest absolute Gasteiger partial charge is 0.354 e. The molecular formula is C23H21N3. The minimum atomic E-state index is 0.0386. The van der Waals surface area contributed by atoms with E-state index in [1.807, 2.05) is 0 Å². The van der Waals surface area contributed by atoms with Gasteiger partial charge < -0.3 is 9.88 Å². The molecule has 3 nitrogen and oxygen atoms in total. The summed E-state index contributed by atoms with van der Waals surface area (Å²) < 4.78 is 0. The standard InChI is InChI=1S/C23H21N3/c1-3-15-12-13-20(22-17-9-5-6-10-18(17)25-23(15)22)26-19-11-7-4-8-16(19)14-21(26)24-2/h4-13,21,25H,2-3,14H2,1H3. The molecule has 0 amide bonds. The van der Waals surface area contributed by atoms with Crippen LogP contribution in [0.3, 0.4) is 0 Å². The summed E-state index contributed by atoms with van der Waals surface area (Å²) in [5.74, 6) is 0. The van der Waals surface area contributed by atoms with Gasteiger partial charge in [0.25, 0.3) is 0 Å². The highest BCUT2D eigenvalue weighted by molar-refractivity contribution is 6.15. The van der Waals surface area contributed by atoms with Gasteiger partial charge >= 0.3 is 0 Å². The number of hydrogen-bond acceptors (Lipinski definition) is 2. The van der Waals surface area contributed by atoms with E-state index in [2.05, 4.69) is 89.2 Å². The van der Waals surface area contributed by atoms with Crippen LogP contribution in [0.4, 0.5) is 11.4 Å². The molecule has 0 bridgehead atoms. The smallest absolute Gasteiger partial charge is 0.128 e. The van der Waals surface area contributed by atoms with Crippen LogP contribution in [-0.2, 0) is 12.8 Å². The van der Waals surface area contributed by atoms with Crippen LogP contribution in [0, 0.1) is 0 Å². The second-order valence-electron chi connectivity index (χ2n) is 6.88. The Labute approximate surface area is 153 Å². The molecule has 26 heavy (non-hydrogen) atoms.